The minimum Gasteiger partial charge on any atom is -0.478 e. The second-order valence-electron chi connectivity index (χ2n) is 4.16. The zero-order valence-electron chi connectivity index (χ0n) is 10.0. The first kappa shape index (κ1) is 14.3. The molecular formula is C12H14F3NO2. The SMILES string of the molecule is CC(C)N(CC(F)(F)F)c1ccccc1C(=O)O. The van der Waals surface area contributed by atoms with E-state index in [1.807, 2.05) is 0 Å². The number of nitrogens with zero attached hydrogens (tertiary/aromatic N) is 1. The van der Waals surface area contributed by atoms with Crippen LogP contribution in [0.15, 0.2) is 24.3 Å². The molecule has 1 N–H and O–H groups in total. The molecule has 0 saturated carbocycles. The highest BCUT2D eigenvalue weighted by Gasteiger charge is 2.33. The third kappa shape index (κ3) is 3.65. The van der Waals surface area contributed by atoms with Crippen LogP contribution in [0.1, 0.15) is 24.2 Å². The van der Waals surface area contributed by atoms with E-state index in [-0.39, 0.29) is 11.3 Å². The summed E-state index contributed by atoms with van der Waals surface area (Å²) in [7, 11) is 0. The standard InChI is InChI=1S/C12H14F3NO2/c1-8(2)16(7-12(13,14)15)10-6-4-3-5-9(10)11(17)18/h3-6,8H,7H2,1-2H3,(H,17,18). The summed E-state index contributed by atoms with van der Waals surface area (Å²) in [6.07, 6.45) is -4.38. The van der Waals surface area contributed by atoms with Gasteiger partial charge in [0.25, 0.3) is 0 Å². The monoisotopic (exact) mass is 261 g/mol. The average Bonchev–Trinajstić information content (AvgIpc) is 2.24. The van der Waals surface area contributed by atoms with E-state index in [4.69, 9.17) is 5.11 Å². The number of benzene rings is 1. The summed E-state index contributed by atoms with van der Waals surface area (Å²) in [5, 5.41) is 8.99. The molecule has 0 aliphatic carbocycles. The molecule has 0 aromatic heterocycles. The summed E-state index contributed by atoms with van der Waals surface area (Å²) in [5.41, 5.74) is -0.0484. The minimum atomic E-state index is -4.38. The van der Waals surface area contributed by atoms with Gasteiger partial charge in [0.05, 0.1) is 11.3 Å². The Hall–Kier alpha value is -1.72. The molecule has 0 heterocycles. The molecule has 0 radical (unpaired) electrons. The van der Waals surface area contributed by atoms with Gasteiger partial charge in [0, 0.05) is 6.04 Å². The van der Waals surface area contributed by atoms with Crippen LogP contribution in [0.5, 0.6) is 0 Å². The molecule has 1 rings (SSSR count). The van der Waals surface area contributed by atoms with E-state index < -0.39 is 24.7 Å². The number of carbonyl (C=O) groups is 1. The number of alkyl halides is 3. The molecule has 100 valence electrons. The highest BCUT2D eigenvalue weighted by molar-refractivity contribution is 5.94. The van der Waals surface area contributed by atoms with Crippen LogP contribution in [0.25, 0.3) is 0 Å². The fraction of sp³-hybridized carbons (Fsp3) is 0.417. The summed E-state index contributed by atoms with van der Waals surface area (Å²) in [4.78, 5) is 12.0. The molecule has 0 fully saturated rings. The summed E-state index contributed by atoms with van der Waals surface area (Å²) < 4.78 is 37.5. The second kappa shape index (κ2) is 5.29. The zero-order chi connectivity index (χ0) is 13.9. The molecular weight excluding hydrogens is 247 g/mol. The van der Waals surface area contributed by atoms with E-state index in [0.717, 1.165) is 4.90 Å². The maximum absolute atomic E-state index is 12.5. The summed E-state index contributed by atoms with van der Waals surface area (Å²) >= 11 is 0. The van der Waals surface area contributed by atoms with Gasteiger partial charge in [0.15, 0.2) is 0 Å². The number of anilines is 1. The van der Waals surface area contributed by atoms with Gasteiger partial charge in [0.2, 0.25) is 0 Å². The quantitative estimate of drug-likeness (QED) is 0.905. The molecule has 0 spiro atoms. The van der Waals surface area contributed by atoms with Gasteiger partial charge in [-0.3, -0.25) is 0 Å². The average molecular weight is 261 g/mol. The van der Waals surface area contributed by atoms with Crippen molar-refractivity contribution in [1.82, 2.24) is 0 Å². The van der Waals surface area contributed by atoms with Crippen LogP contribution in [0.2, 0.25) is 0 Å². The molecule has 0 atom stereocenters. The predicted octanol–water partition coefficient (Wildman–Crippen LogP) is 3.16. The molecule has 18 heavy (non-hydrogen) atoms. The number of rotatable bonds is 4. The van der Waals surface area contributed by atoms with Gasteiger partial charge in [0.1, 0.15) is 6.54 Å². The molecule has 1 aromatic carbocycles. The fourth-order valence-electron chi connectivity index (χ4n) is 1.64. The van der Waals surface area contributed by atoms with Gasteiger partial charge >= 0.3 is 12.1 Å². The van der Waals surface area contributed by atoms with Crippen LogP contribution in [0, 0.1) is 0 Å². The van der Waals surface area contributed by atoms with Crippen molar-refractivity contribution in [1.29, 1.82) is 0 Å². The largest absolute Gasteiger partial charge is 0.478 e. The van der Waals surface area contributed by atoms with Crippen molar-refractivity contribution in [2.24, 2.45) is 0 Å². The predicted molar refractivity (Wildman–Crippen MR) is 61.9 cm³/mol. The molecule has 0 bridgehead atoms. The normalized spacial score (nSPS) is 11.7. The molecule has 0 aliphatic rings. The number of carboxylic acid groups (broad SMARTS) is 1. The Kier molecular flexibility index (Phi) is 4.21. The first-order valence-corrected chi connectivity index (χ1v) is 5.38. The Morgan fingerprint density at radius 3 is 2.33 bits per heavy atom. The van der Waals surface area contributed by atoms with Crippen LogP contribution in [0.3, 0.4) is 0 Å². The fourth-order valence-corrected chi connectivity index (χ4v) is 1.64. The number of carboxylic acids is 1. The Morgan fingerprint density at radius 2 is 1.89 bits per heavy atom. The van der Waals surface area contributed by atoms with Crippen LogP contribution >= 0.6 is 0 Å². The third-order valence-corrected chi connectivity index (χ3v) is 2.42. The second-order valence-corrected chi connectivity index (χ2v) is 4.16. The van der Waals surface area contributed by atoms with E-state index in [2.05, 4.69) is 0 Å². The van der Waals surface area contributed by atoms with Crippen LogP contribution in [-0.4, -0.2) is 29.8 Å². The smallest absolute Gasteiger partial charge is 0.405 e. The van der Waals surface area contributed by atoms with E-state index in [0.29, 0.717) is 0 Å². The van der Waals surface area contributed by atoms with E-state index in [1.54, 1.807) is 13.8 Å². The summed E-state index contributed by atoms with van der Waals surface area (Å²) in [5.74, 6) is -1.24. The lowest BCUT2D eigenvalue weighted by atomic mass is 10.1. The maximum atomic E-state index is 12.5. The van der Waals surface area contributed by atoms with E-state index in [1.165, 1.54) is 24.3 Å². The van der Waals surface area contributed by atoms with Gasteiger partial charge in [-0.05, 0) is 26.0 Å². The van der Waals surface area contributed by atoms with Crippen molar-refractivity contribution in [2.45, 2.75) is 26.1 Å². The van der Waals surface area contributed by atoms with Gasteiger partial charge in [-0.2, -0.15) is 13.2 Å². The Balaban J connectivity index is 3.18. The van der Waals surface area contributed by atoms with Gasteiger partial charge in [-0.15, -0.1) is 0 Å². The van der Waals surface area contributed by atoms with Crippen molar-refractivity contribution in [3.63, 3.8) is 0 Å². The first-order chi connectivity index (χ1) is 8.22. The van der Waals surface area contributed by atoms with Crippen LogP contribution < -0.4 is 4.90 Å². The van der Waals surface area contributed by atoms with Gasteiger partial charge < -0.3 is 10.0 Å². The lowest BCUT2D eigenvalue weighted by Gasteiger charge is -2.30. The topological polar surface area (TPSA) is 40.5 Å². The number of hydrogen-bond acceptors (Lipinski definition) is 2. The van der Waals surface area contributed by atoms with Crippen LogP contribution in [-0.2, 0) is 0 Å². The molecule has 0 unspecified atom stereocenters. The number of hydrogen-bond donors (Lipinski definition) is 1. The Morgan fingerprint density at radius 1 is 1.33 bits per heavy atom. The molecule has 0 amide bonds. The van der Waals surface area contributed by atoms with Crippen molar-refractivity contribution >= 4 is 11.7 Å². The summed E-state index contributed by atoms with van der Waals surface area (Å²) in [6, 6.07) is 5.23. The highest BCUT2D eigenvalue weighted by Crippen LogP contribution is 2.27. The number of para-hydroxylation sites is 1. The van der Waals surface area contributed by atoms with Crippen molar-refractivity contribution < 1.29 is 23.1 Å². The number of halogens is 3. The molecule has 6 heteroatoms. The summed E-state index contributed by atoms with van der Waals surface area (Å²) in [6.45, 7) is 2.00. The first-order valence-electron chi connectivity index (χ1n) is 5.38. The Bertz CT molecular complexity index is 430. The van der Waals surface area contributed by atoms with Crippen molar-refractivity contribution in [3.8, 4) is 0 Å². The van der Waals surface area contributed by atoms with E-state index in [9.17, 15) is 18.0 Å². The van der Waals surface area contributed by atoms with E-state index >= 15 is 0 Å². The third-order valence-electron chi connectivity index (χ3n) is 2.42. The van der Waals surface area contributed by atoms with Crippen molar-refractivity contribution in [2.75, 3.05) is 11.4 Å². The molecule has 0 saturated heterocycles. The van der Waals surface area contributed by atoms with Gasteiger partial charge in [-0.25, -0.2) is 4.79 Å². The molecule has 0 aliphatic heterocycles. The molecule has 3 nitrogen and oxygen atoms in total. The minimum absolute atomic E-state index is 0.0809. The van der Waals surface area contributed by atoms with Gasteiger partial charge in [-0.1, -0.05) is 12.1 Å². The van der Waals surface area contributed by atoms with Crippen LogP contribution in [0.4, 0.5) is 18.9 Å². The number of aromatic carboxylic acids is 1. The lowest BCUT2D eigenvalue weighted by molar-refractivity contribution is -0.120. The molecule has 1 aromatic rings. The highest BCUT2D eigenvalue weighted by atomic mass is 19.4. The lowest BCUT2D eigenvalue weighted by Crippen LogP contribution is -2.40. The maximum Gasteiger partial charge on any atom is 0.405 e. The van der Waals surface area contributed by atoms with Crippen molar-refractivity contribution in [3.05, 3.63) is 29.8 Å². The zero-order valence-corrected chi connectivity index (χ0v) is 10.0. The Labute approximate surface area is 103 Å².